The Hall–Kier alpha value is -0.610. The minimum atomic E-state index is 0.109. The van der Waals surface area contributed by atoms with Crippen molar-refractivity contribution in [3.63, 3.8) is 0 Å². The van der Waals surface area contributed by atoms with Gasteiger partial charge >= 0.3 is 0 Å². The molecule has 1 rings (SSSR count). The molecule has 16 heavy (non-hydrogen) atoms. The van der Waals surface area contributed by atoms with Gasteiger partial charge in [0.1, 0.15) is 0 Å². The van der Waals surface area contributed by atoms with Crippen molar-refractivity contribution in [1.29, 1.82) is 0 Å². The molecule has 0 radical (unpaired) electrons. The monoisotopic (exact) mass is 227 g/mol. The summed E-state index contributed by atoms with van der Waals surface area (Å²) in [6, 6.07) is 0.345. The van der Waals surface area contributed by atoms with Crippen LogP contribution in [-0.2, 0) is 4.79 Å². The first-order valence-corrected chi connectivity index (χ1v) is 6.30. The summed E-state index contributed by atoms with van der Waals surface area (Å²) in [4.78, 5) is 14.3. The van der Waals surface area contributed by atoms with Gasteiger partial charge in [-0.25, -0.2) is 0 Å². The lowest BCUT2D eigenvalue weighted by Gasteiger charge is -2.31. The Labute approximate surface area is 98.8 Å². The van der Waals surface area contributed by atoms with Crippen molar-refractivity contribution in [3.05, 3.63) is 0 Å². The molecule has 0 aliphatic carbocycles. The highest BCUT2D eigenvalue weighted by Crippen LogP contribution is 2.09. The fourth-order valence-corrected chi connectivity index (χ4v) is 2.27. The average Bonchev–Trinajstić information content (AvgIpc) is 2.25. The smallest absolute Gasteiger partial charge is 0.224 e. The summed E-state index contributed by atoms with van der Waals surface area (Å²) in [7, 11) is 4.01. The third-order valence-corrected chi connectivity index (χ3v) is 3.28. The van der Waals surface area contributed by atoms with Gasteiger partial charge < -0.3 is 15.5 Å². The molecule has 1 amide bonds. The molecule has 1 heterocycles. The van der Waals surface area contributed by atoms with E-state index in [4.69, 9.17) is 0 Å². The Morgan fingerprint density at radius 2 is 2.31 bits per heavy atom. The van der Waals surface area contributed by atoms with Crippen molar-refractivity contribution in [2.24, 2.45) is 5.92 Å². The number of hydrogen-bond donors (Lipinski definition) is 2. The number of nitrogens with zero attached hydrogens (tertiary/aromatic N) is 1. The molecule has 2 unspecified atom stereocenters. The predicted molar refractivity (Wildman–Crippen MR) is 66.4 cm³/mol. The molecule has 4 heteroatoms. The van der Waals surface area contributed by atoms with Crippen molar-refractivity contribution in [2.45, 2.75) is 32.2 Å². The quantitative estimate of drug-likeness (QED) is 0.716. The van der Waals surface area contributed by atoms with E-state index in [1.165, 1.54) is 6.42 Å². The van der Waals surface area contributed by atoms with Gasteiger partial charge in [0, 0.05) is 19.1 Å². The number of likely N-dealkylation sites (N-methyl/N-ethyl adjacent to an activating group) is 1. The predicted octanol–water partition coefficient (Wildman–Crippen LogP) is 0.442. The largest absolute Gasteiger partial charge is 0.352 e. The van der Waals surface area contributed by atoms with E-state index in [1.807, 2.05) is 7.05 Å². The van der Waals surface area contributed by atoms with Crippen molar-refractivity contribution in [1.82, 2.24) is 15.5 Å². The molecule has 0 spiro atoms. The van der Waals surface area contributed by atoms with Gasteiger partial charge in [-0.2, -0.15) is 0 Å². The minimum absolute atomic E-state index is 0.109. The van der Waals surface area contributed by atoms with Crippen LogP contribution in [0, 0.1) is 5.92 Å². The maximum absolute atomic E-state index is 12.0. The van der Waals surface area contributed by atoms with E-state index in [-0.39, 0.29) is 11.8 Å². The fraction of sp³-hybridized carbons (Fsp3) is 0.917. The van der Waals surface area contributed by atoms with Crippen LogP contribution in [0.1, 0.15) is 26.2 Å². The molecular formula is C12H25N3O. The summed E-state index contributed by atoms with van der Waals surface area (Å²) in [6.07, 6.45) is 3.20. The molecule has 1 aliphatic rings. The van der Waals surface area contributed by atoms with Gasteiger partial charge in [-0.15, -0.1) is 0 Å². The van der Waals surface area contributed by atoms with Crippen LogP contribution in [0.25, 0.3) is 0 Å². The van der Waals surface area contributed by atoms with E-state index >= 15 is 0 Å². The number of rotatable bonds is 5. The number of amides is 1. The molecule has 1 saturated heterocycles. The number of nitrogens with one attached hydrogen (secondary N) is 2. The highest BCUT2D eigenvalue weighted by molar-refractivity contribution is 5.79. The van der Waals surface area contributed by atoms with Gasteiger partial charge in [0.05, 0.1) is 5.92 Å². The molecular weight excluding hydrogens is 202 g/mol. The summed E-state index contributed by atoms with van der Waals surface area (Å²) in [5, 5.41) is 6.24. The van der Waals surface area contributed by atoms with Crippen LogP contribution in [0.2, 0.25) is 0 Å². The molecule has 1 fully saturated rings. The zero-order chi connectivity index (χ0) is 12.0. The lowest BCUT2D eigenvalue weighted by Crippen LogP contribution is -2.49. The van der Waals surface area contributed by atoms with E-state index in [9.17, 15) is 4.79 Å². The maximum Gasteiger partial charge on any atom is 0.224 e. The lowest BCUT2D eigenvalue weighted by atomic mass is 10.0. The molecule has 0 aromatic carbocycles. The van der Waals surface area contributed by atoms with Crippen molar-refractivity contribution in [2.75, 3.05) is 33.7 Å². The third kappa shape index (κ3) is 4.10. The highest BCUT2D eigenvalue weighted by atomic mass is 16.2. The molecule has 2 N–H and O–H groups in total. The maximum atomic E-state index is 12.0. The Balaban J connectivity index is 2.36. The highest BCUT2D eigenvalue weighted by Gasteiger charge is 2.22. The van der Waals surface area contributed by atoms with Crippen LogP contribution in [-0.4, -0.2) is 50.6 Å². The van der Waals surface area contributed by atoms with Crippen LogP contribution in [0.5, 0.6) is 0 Å². The van der Waals surface area contributed by atoms with Gasteiger partial charge in [0.25, 0.3) is 0 Å². The number of hydrogen-bond acceptors (Lipinski definition) is 3. The number of carbonyl (C=O) groups excluding carboxylic acids is 1. The molecule has 0 saturated carbocycles. The normalized spacial score (nSPS) is 24.1. The first kappa shape index (κ1) is 13.5. The molecule has 0 aromatic heterocycles. The summed E-state index contributed by atoms with van der Waals surface area (Å²) < 4.78 is 0. The zero-order valence-electron chi connectivity index (χ0n) is 10.8. The van der Waals surface area contributed by atoms with Gasteiger partial charge in [-0.05, 0) is 39.9 Å². The van der Waals surface area contributed by atoms with Crippen LogP contribution >= 0.6 is 0 Å². The second kappa shape index (κ2) is 6.86. The fourth-order valence-electron chi connectivity index (χ4n) is 2.27. The summed E-state index contributed by atoms with van der Waals surface area (Å²) >= 11 is 0. The van der Waals surface area contributed by atoms with Crippen molar-refractivity contribution >= 4 is 5.91 Å². The Morgan fingerprint density at radius 1 is 1.56 bits per heavy atom. The van der Waals surface area contributed by atoms with E-state index in [0.29, 0.717) is 6.04 Å². The topological polar surface area (TPSA) is 44.4 Å². The summed E-state index contributed by atoms with van der Waals surface area (Å²) in [5.41, 5.74) is 0. The second-order valence-corrected chi connectivity index (χ2v) is 4.77. The van der Waals surface area contributed by atoms with E-state index in [0.717, 1.165) is 32.5 Å². The first-order valence-electron chi connectivity index (χ1n) is 6.30. The van der Waals surface area contributed by atoms with Crippen LogP contribution < -0.4 is 10.6 Å². The van der Waals surface area contributed by atoms with Gasteiger partial charge in [-0.3, -0.25) is 4.79 Å². The van der Waals surface area contributed by atoms with Crippen LogP contribution in [0.3, 0.4) is 0 Å². The van der Waals surface area contributed by atoms with E-state index in [1.54, 1.807) is 0 Å². The SMILES string of the molecule is CCC(CNC)C(=O)NC1CCCN(C)C1. The van der Waals surface area contributed by atoms with Crippen molar-refractivity contribution in [3.8, 4) is 0 Å². The standard InChI is InChI=1S/C12H25N3O/c1-4-10(8-13-2)12(16)14-11-6-5-7-15(3)9-11/h10-11,13H,4-9H2,1-3H3,(H,14,16). The van der Waals surface area contributed by atoms with Crippen LogP contribution in [0.15, 0.2) is 0 Å². The molecule has 2 atom stereocenters. The minimum Gasteiger partial charge on any atom is -0.352 e. The summed E-state index contributed by atoms with van der Waals surface area (Å²) in [5.74, 6) is 0.314. The van der Waals surface area contributed by atoms with Crippen LogP contribution in [0.4, 0.5) is 0 Å². The third-order valence-electron chi connectivity index (χ3n) is 3.28. The second-order valence-electron chi connectivity index (χ2n) is 4.77. The van der Waals surface area contributed by atoms with Gasteiger partial charge in [-0.1, -0.05) is 6.92 Å². The average molecular weight is 227 g/mol. The number of likely N-dealkylation sites (tertiary alicyclic amines) is 1. The summed E-state index contributed by atoms with van der Waals surface area (Å²) in [6.45, 7) is 4.97. The number of carbonyl (C=O) groups is 1. The van der Waals surface area contributed by atoms with Crippen molar-refractivity contribution < 1.29 is 4.79 Å². The van der Waals surface area contributed by atoms with Gasteiger partial charge in [0.15, 0.2) is 0 Å². The van der Waals surface area contributed by atoms with E-state index in [2.05, 4.69) is 29.5 Å². The Kier molecular flexibility index (Phi) is 5.77. The zero-order valence-corrected chi connectivity index (χ0v) is 10.8. The van der Waals surface area contributed by atoms with Gasteiger partial charge in [0.2, 0.25) is 5.91 Å². The molecule has 1 aliphatic heterocycles. The molecule has 94 valence electrons. The first-order chi connectivity index (χ1) is 7.67. The molecule has 0 bridgehead atoms. The number of piperidine rings is 1. The molecule has 4 nitrogen and oxygen atoms in total. The molecule has 0 aromatic rings. The van der Waals surface area contributed by atoms with E-state index < -0.39 is 0 Å². The lowest BCUT2D eigenvalue weighted by molar-refractivity contribution is -0.126. The Morgan fingerprint density at radius 3 is 2.88 bits per heavy atom. The Bertz CT molecular complexity index is 220.